The molecule has 1 aliphatic heterocycles. The maximum absolute atomic E-state index is 12.5. The zero-order chi connectivity index (χ0) is 13.8. The fourth-order valence-electron chi connectivity index (χ4n) is 3.30. The number of hydrogen-bond donors (Lipinski definition) is 0. The zero-order valence-corrected chi connectivity index (χ0v) is 11.9. The third-order valence-electron chi connectivity index (χ3n) is 4.57. The number of carbonyl (C=O) groups excluding carboxylic acids is 1. The second kappa shape index (κ2) is 6.25. The molecule has 1 aromatic rings. The smallest absolute Gasteiger partial charge is 0.226 e. The van der Waals surface area contributed by atoms with E-state index in [1.165, 1.54) is 0 Å². The van der Waals surface area contributed by atoms with Gasteiger partial charge >= 0.3 is 0 Å². The second-order valence-electron chi connectivity index (χ2n) is 6.01. The molecule has 0 aromatic carbocycles. The Labute approximate surface area is 120 Å². The van der Waals surface area contributed by atoms with Gasteiger partial charge in [0, 0.05) is 37.9 Å². The van der Waals surface area contributed by atoms with Gasteiger partial charge in [-0.25, -0.2) is 4.98 Å². The van der Waals surface area contributed by atoms with Gasteiger partial charge in [-0.2, -0.15) is 0 Å². The van der Waals surface area contributed by atoms with E-state index < -0.39 is 0 Å². The summed E-state index contributed by atoms with van der Waals surface area (Å²) in [6.07, 6.45) is 15.4. The summed E-state index contributed by atoms with van der Waals surface area (Å²) in [6, 6.07) is 0. The molecular weight excluding hydrogens is 250 g/mol. The number of carbonyl (C=O) groups is 1. The van der Waals surface area contributed by atoms with E-state index in [1.54, 1.807) is 0 Å². The lowest BCUT2D eigenvalue weighted by Gasteiger charge is -2.34. The number of aromatic nitrogens is 2. The minimum absolute atomic E-state index is 0.241. The fraction of sp³-hybridized carbons (Fsp3) is 0.625. The van der Waals surface area contributed by atoms with Crippen molar-refractivity contribution >= 4 is 5.91 Å². The van der Waals surface area contributed by atoms with Crippen LogP contribution in [0.5, 0.6) is 0 Å². The van der Waals surface area contributed by atoms with Crippen LogP contribution in [0.25, 0.3) is 0 Å². The number of rotatable bonds is 3. The minimum atomic E-state index is 0.241. The Kier molecular flexibility index (Phi) is 4.19. The maximum Gasteiger partial charge on any atom is 0.226 e. The van der Waals surface area contributed by atoms with Crippen molar-refractivity contribution in [3.8, 4) is 0 Å². The molecule has 108 valence electrons. The van der Waals surface area contributed by atoms with Crippen LogP contribution >= 0.6 is 0 Å². The molecule has 2 heterocycles. The van der Waals surface area contributed by atoms with Crippen molar-refractivity contribution in [2.24, 2.45) is 11.8 Å². The Bertz CT molecular complexity index is 458. The lowest BCUT2D eigenvalue weighted by atomic mass is 9.91. The molecule has 1 aliphatic carbocycles. The molecule has 0 saturated carbocycles. The van der Waals surface area contributed by atoms with Crippen molar-refractivity contribution < 1.29 is 4.79 Å². The van der Waals surface area contributed by atoms with E-state index in [9.17, 15) is 4.79 Å². The molecule has 0 spiro atoms. The quantitative estimate of drug-likeness (QED) is 0.794. The van der Waals surface area contributed by atoms with E-state index in [-0.39, 0.29) is 5.92 Å². The van der Waals surface area contributed by atoms with Gasteiger partial charge in [0.2, 0.25) is 5.91 Å². The summed E-state index contributed by atoms with van der Waals surface area (Å²) < 4.78 is 2.15. The molecule has 20 heavy (non-hydrogen) atoms. The number of allylic oxidation sites excluding steroid dienone is 2. The van der Waals surface area contributed by atoms with Gasteiger partial charge in [-0.3, -0.25) is 4.79 Å². The van der Waals surface area contributed by atoms with E-state index in [0.29, 0.717) is 11.8 Å². The Hall–Kier alpha value is -1.58. The van der Waals surface area contributed by atoms with Gasteiger partial charge in [0.15, 0.2) is 0 Å². The van der Waals surface area contributed by atoms with Crippen LogP contribution in [0.1, 0.15) is 32.1 Å². The van der Waals surface area contributed by atoms with Crippen LogP contribution in [0, 0.1) is 11.8 Å². The highest BCUT2D eigenvalue weighted by atomic mass is 16.2. The number of nitrogens with zero attached hydrogens (tertiary/aromatic N) is 3. The van der Waals surface area contributed by atoms with Crippen molar-refractivity contribution in [2.45, 2.75) is 38.6 Å². The van der Waals surface area contributed by atoms with Gasteiger partial charge in [0.1, 0.15) is 0 Å². The summed E-state index contributed by atoms with van der Waals surface area (Å²) in [4.78, 5) is 18.6. The van der Waals surface area contributed by atoms with E-state index in [1.807, 2.05) is 18.7 Å². The summed E-state index contributed by atoms with van der Waals surface area (Å²) in [6.45, 7) is 2.89. The molecule has 1 aromatic heterocycles. The van der Waals surface area contributed by atoms with Crippen molar-refractivity contribution in [3.05, 3.63) is 30.9 Å². The van der Waals surface area contributed by atoms with Crippen LogP contribution in [0.15, 0.2) is 30.9 Å². The first-order valence-corrected chi connectivity index (χ1v) is 7.72. The molecule has 0 bridgehead atoms. The third-order valence-corrected chi connectivity index (χ3v) is 4.57. The van der Waals surface area contributed by atoms with Crippen molar-refractivity contribution in [2.75, 3.05) is 13.1 Å². The number of likely N-dealkylation sites (tertiary alicyclic amines) is 1. The fourth-order valence-corrected chi connectivity index (χ4v) is 3.30. The average Bonchev–Trinajstić information content (AvgIpc) is 3.01. The molecule has 3 rings (SSSR count). The largest absolute Gasteiger partial charge is 0.342 e. The molecule has 0 N–H and O–H groups in total. The molecular formula is C16H23N3O. The van der Waals surface area contributed by atoms with Gasteiger partial charge in [0.25, 0.3) is 0 Å². The van der Waals surface area contributed by atoms with Crippen molar-refractivity contribution in [1.29, 1.82) is 0 Å². The number of hydrogen-bond acceptors (Lipinski definition) is 2. The Balaban J connectivity index is 1.48. The van der Waals surface area contributed by atoms with Gasteiger partial charge in [-0.1, -0.05) is 12.2 Å². The first kappa shape index (κ1) is 13.4. The Morgan fingerprint density at radius 3 is 2.70 bits per heavy atom. The molecule has 2 aliphatic rings. The predicted molar refractivity (Wildman–Crippen MR) is 78.0 cm³/mol. The number of imidazole rings is 1. The molecule has 0 unspecified atom stereocenters. The standard InChI is InChI=1S/C16H23N3O/c20-16(15-4-2-1-3-5-15)19-9-6-14(7-10-19)12-18-11-8-17-13-18/h1-2,8,11,13-15H,3-7,9-10,12H2/t15-/m1/s1. The van der Waals surface area contributed by atoms with Crippen molar-refractivity contribution in [1.82, 2.24) is 14.5 Å². The van der Waals surface area contributed by atoms with Crippen LogP contribution in [0.4, 0.5) is 0 Å². The monoisotopic (exact) mass is 273 g/mol. The first-order valence-electron chi connectivity index (χ1n) is 7.72. The first-order chi connectivity index (χ1) is 9.83. The molecule has 0 radical (unpaired) electrons. The molecule has 4 nitrogen and oxygen atoms in total. The molecule has 1 atom stereocenters. The maximum atomic E-state index is 12.5. The Morgan fingerprint density at radius 2 is 2.05 bits per heavy atom. The van der Waals surface area contributed by atoms with Crippen LogP contribution < -0.4 is 0 Å². The average molecular weight is 273 g/mol. The molecule has 1 fully saturated rings. The lowest BCUT2D eigenvalue weighted by Crippen LogP contribution is -2.42. The summed E-state index contributed by atoms with van der Waals surface area (Å²) in [5.74, 6) is 1.31. The zero-order valence-electron chi connectivity index (χ0n) is 11.9. The third kappa shape index (κ3) is 3.11. The highest BCUT2D eigenvalue weighted by Crippen LogP contribution is 2.25. The van der Waals surface area contributed by atoms with Crippen LogP contribution in [0.2, 0.25) is 0 Å². The molecule has 4 heteroatoms. The summed E-state index contributed by atoms with van der Waals surface area (Å²) >= 11 is 0. The van der Waals surface area contributed by atoms with Crippen LogP contribution in [-0.2, 0) is 11.3 Å². The van der Waals surface area contributed by atoms with E-state index >= 15 is 0 Å². The van der Waals surface area contributed by atoms with Gasteiger partial charge in [0.05, 0.1) is 6.33 Å². The number of amides is 1. The van der Waals surface area contributed by atoms with Gasteiger partial charge < -0.3 is 9.47 Å². The SMILES string of the molecule is O=C([C@@H]1CC=CCC1)N1CCC(Cn2ccnc2)CC1. The number of piperidine rings is 1. The molecule has 1 saturated heterocycles. The lowest BCUT2D eigenvalue weighted by molar-refractivity contribution is -0.137. The summed E-state index contributed by atoms with van der Waals surface area (Å²) in [5.41, 5.74) is 0. The van der Waals surface area contributed by atoms with Crippen LogP contribution in [0.3, 0.4) is 0 Å². The minimum Gasteiger partial charge on any atom is -0.342 e. The van der Waals surface area contributed by atoms with Gasteiger partial charge in [-0.15, -0.1) is 0 Å². The summed E-state index contributed by atoms with van der Waals surface area (Å²) in [7, 11) is 0. The van der Waals surface area contributed by atoms with Crippen LogP contribution in [-0.4, -0.2) is 33.4 Å². The summed E-state index contributed by atoms with van der Waals surface area (Å²) in [5, 5.41) is 0. The predicted octanol–water partition coefficient (Wildman–Crippen LogP) is 2.48. The van der Waals surface area contributed by atoms with Crippen molar-refractivity contribution in [3.63, 3.8) is 0 Å². The van der Waals surface area contributed by atoms with Gasteiger partial charge in [-0.05, 0) is 38.0 Å². The highest BCUT2D eigenvalue weighted by Gasteiger charge is 2.28. The normalized spacial score (nSPS) is 24.0. The second-order valence-corrected chi connectivity index (χ2v) is 6.01. The Morgan fingerprint density at radius 1 is 1.20 bits per heavy atom. The topological polar surface area (TPSA) is 38.1 Å². The highest BCUT2D eigenvalue weighted by molar-refractivity contribution is 5.79. The van der Waals surface area contributed by atoms with E-state index in [0.717, 1.165) is 51.7 Å². The molecule has 1 amide bonds. The van der Waals surface area contributed by atoms with E-state index in [2.05, 4.69) is 26.6 Å². The van der Waals surface area contributed by atoms with E-state index in [4.69, 9.17) is 0 Å².